The molecule has 130 valence electrons. The van der Waals surface area contributed by atoms with Gasteiger partial charge in [-0.1, -0.05) is 12.1 Å². The van der Waals surface area contributed by atoms with Crippen LogP contribution in [0.2, 0.25) is 0 Å². The number of carbonyl (C=O) groups excluding carboxylic acids is 2. The van der Waals surface area contributed by atoms with Crippen molar-refractivity contribution in [3.05, 3.63) is 51.7 Å². The molecular weight excluding hydrogens is 347 g/mol. The molecule has 1 aromatic carbocycles. The van der Waals surface area contributed by atoms with E-state index in [1.807, 2.05) is 0 Å². The van der Waals surface area contributed by atoms with Crippen LogP contribution in [0.15, 0.2) is 24.3 Å². The fraction of sp³-hybridized carbons (Fsp3) is 0.235. The van der Waals surface area contributed by atoms with Gasteiger partial charge in [-0.3, -0.25) is 14.4 Å². The number of anilines is 1. The maximum atomic E-state index is 13.8. The van der Waals surface area contributed by atoms with Crippen LogP contribution in [0.3, 0.4) is 0 Å². The van der Waals surface area contributed by atoms with Gasteiger partial charge in [0.05, 0.1) is 17.0 Å². The normalized spacial score (nSPS) is 16.1. The summed E-state index contributed by atoms with van der Waals surface area (Å²) in [7, 11) is 0. The van der Waals surface area contributed by atoms with E-state index in [0.717, 1.165) is 22.3 Å². The molecule has 3 rings (SSSR count). The molecule has 0 bridgehead atoms. The number of amides is 2. The molecule has 25 heavy (non-hydrogen) atoms. The summed E-state index contributed by atoms with van der Waals surface area (Å²) in [5, 5.41) is 12.1. The largest absolute Gasteiger partial charge is 0.481 e. The van der Waals surface area contributed by atoms with Crippen LogP contribution >= 0.6 is 11.3 Å². The predicted octanol–water partition coefficient (Wildman–Crippen LogP) is 2.74. The quantitative estimate of drug-likeness (QED) is 0.777. The topological polar surface area (TPSA) is 109 Å². The summed E-state index contributed by atoms with van der Waals surface area (Å²) >= 11 is 1.12. The van der Waals surface area contributed by atoms with E-state index in [-0.39, 0.29) is 16.1 Å². The Kier molecular flexibility index (Phi) is 4.54. The van der Waals surface area contributed by atoms with Gasteiger partial charge in [-0.25, -0.2) is 4.39 Å². The number of hydrogen-bond donors (Lipinski definition) is 3. The molecule has 1 aliphatic rings. The minimum absolute atomic E-state index is 0.0109. The number of benzene rings is 1. The van der Waals surface area contributed by atoms with Crippen molar-refractivity contribution in [2.24, 2.45) is 5.73 Å². The summed E-state index contributed by atoms with van der Waals surface area (Å²) < 4.78 is 13.8. The van der Waals surface area contributed by atoms with Crippen molar-refractivity contribution >= 4 is 34.1 Å². The van der Waals surface area contributed by atoms with Gasteiger partial charge in [0.1, 0.15) is 10.8 Å². The zero-order chi connectivity index (χ0) is 18.1. The van der Waals surface area contributed by atoms with Crippen LogP contribution in [0.4, 0.5) is 9.39 Å². The van der Waals surface area contributed by atoms with Crippen LogP contribution in [-0.2, 0) is 11.2 Å². The molecule has 0 saturated heterocycles. The molecule has 6 nitrogen and oxygen atoms in total. The first kappa shape index (κ1) is 17.1. The van der Waals surface area contributed by atoms with E-state index >= 15 is 0 Å². The molecule has 0 radical (unpaired) electrons. The molecule has 4 N–H and O–H groups in total. The van der Waals surface area contributed by atoms with Gasteiger partial charge in [0.25, 0.3) is 11.8 Å². The van der Waals surface area contributed by atoms with Gasteiger partial charge in [-0.2, -0.15) is 0 Å². The third-order valence-corrected chi connectivity index (χ3v) is 5.34. The highest BCUT2D eigenvalue weighted by Gasteiger charge is 2.34. The Hall–Kier alpha value is -2.74. The van der Waals surface area contributed by atoms with Crippen molar-refractivity contribution < 1.29 is 23.9 Å². The number of aryl methyl sites for hydroxylation is 1. The molecule has 0 saturated carbocycles. The van der Waals surface area contributed by atoms with Crippen LogP contribution < -0.4 is 11.1 Å². The van der Waals surface area contributed by atoms with Crippen LogP contribution in [-0.4, -0.2) is 22.9 Å². The minimum atomic E-state index is -1.03. The monoisotopic (exact) mass is 362 g/mol. The Balaban J connectivity index is 2.03. The van der Waals surface area contributed by atoms with E-state index in [1.165, 1.54) is 18.2 Å². The fourth-order valence-corrected chi connectivity index (χ4v) is 4.36. The average molecular weight is 362 g/mol. The van der Waals surface area contributed by atoms with Gasteiger partial charge in [0.2, 0.25) is 0 Å². The second-order valence-electron chi connectivity index (χ2n) is 5.72. The average Bonchev–Trinajstić information content (AvgIpc) is 2.92. The number of thiophene rings is 1. The zero-order valence-electron chi connectivity index (χ0n) is 13.0. The summed E-state index contributed by atoms with van der Waals surface area (Å²) in [4.78, 5) is 36.5. The van der Waals surface area contributed by atoms with Crippen molar-refractivity contribution in [3.63, 3.8) is 0 Å². The first-order valence-corrected chi connectivity index (χ1v) is 8.45. The molecule has 1 atom stereocenters. The third kappa shape index (κ3) is 3.12. The predicted molar refractivity (Wildman–Crippen MR) is 90.5 cm³/mol. The van der Waals surface area contributed by atoms with E-state index < -0.39 is 29.5 Å². The molecule has 0 aliphatic heterocycles. The summed E-state index contributed by atoms with van der Waals surface area (Å²) in [5.74, 6) is -4.08. The summed E-state index contributed by atoms with van der Waals surface area (Å²) in [6.45, 7) is 0. The summed E-state index contributed by atoms with van der Waals surface area (Å²) in [6, 6.07) is 5.46. The van der Waals surface area contributed by atoms with Crippen LogP contribution in [0.5, 0.6) is 0 Å². The van der Waals surface area contributed by atoms with Gasteiger partial charge in [-0.15, -0.1) is 11.3 Å². The Morgan fingerprint density at radius 1 is 1.28 bits per heavy atom. The molecular formula is C17H15FN2O4S. The van der Waals surface area contributed by atoms with E-state index in [1.54, 1.807) is 0 Å². The molecule has 1 aromatic heterocycles. The number of carboxylic acid groups (broad SMARTS) is 1. The van der Waals surface area contributed by atoms with Crippen LogP contribution in [0, 0.1) is 5.82 Å². The molecule has 1 aliphatic carbocycles. The lowest BCUT2D eigenvalue weighted by Crippen LogP contribution is -2.23. The Morgan fingerprint density at radius 3 is 2.64 bits per heavy atom. The number of aliphatic carboxylic acids is 1. The first-order chi connectivity index (χ1) is 11.9. The lowest BCUT2D eigenvalue weighted by Gasteiger charge is -2.19. The van der Waals surface area contributed by atoms with Crippen molar-refractivity contribution in [2.45, 2.75) is 25.2 Å². The molecule has 0 fully saturated rings. The van der Waals surface area contributed by atoms with Crippen molar-refractivity contribution in [1.82, 2.24) is 0 Å². The van der Waals surface area contributed by atoms with Gasteiger partial charge in [0, 0.05) is 4.88 Å². The van der Waals surface area contributed by atoms with E-state index in [9.17, 15) is 23.9 Å². The van der Waals surface area contributed by atoms with Crippen molar-refractivity contribution in [2.75, 3.05) is 5.32 Å². The lowest BCUT2D eigenvalue weighted by molar-refractivity contribution is -0.139. The number of primary amides is 1. The smallest absolute Gasteiger partial charge is 0.311 e. The van der Waals surface area contributed by atoms with Gasteiger partial charge < -0.3 is 16.2 Å². The molecule has 0 spiro atoms. The molecule has 2 aromatic rings. The molecule has 1 unspecified atom stereocenters. The van der Waals surface area contributed by atoms with E-state index in [0.29, 0.717) is 24.8 Å². The molecule has 1 heterocycles. The van der Waals surface area contributed by atoms with E-state index in [4.69, 9.17) is 5.73 Å². The minimum Gasteiger partial charge on any atom is -0.481 e. The maximum absolute atomic E-state index is 13.8. The summed E-state index contributed by atoms with van der Waals surface area (Å²) in [6.07, 6.45) is 1.68. The highest BCUT2D eigenvalue weighted by molar-refractivity contribution is 7.17. The highest BCUT2D eigenvalue weighted by atomic mass is 32.1. The van der Waals surface area contributed by atoms with Crippen molar-refractivity contribution in [3.8, 4) is 0 Å². The number of carbonyl (C=O) groups is 3. The lowest BCUT2D eigenvalue weighted by atomic mass is 9.85. The summed E-state index contributed by atoms with van der Waals surface area (Å²) in [5.41, 5.74) is 5.66. The second kappa shape index (κ2) is 6.64. The van der Waals surface area contributed by atoms with Crippen LogP contribution in [0.1, 0.15) is 49.9 Å². The number of fused-ring (bicyclic) bond motifs is 1. The third-order valence-electron chi connectivity index (χ3n) is 4.16. The first-order valence-electron chi connectivity index (χ1n) is 7.64. The highest BCUT2D eigenvalue weighted by Crippen LogP contribution is 2.43. The van der Waals surface area contributed by atoms with Crippen LogP contribution in [0.25, 0.3) is 0 Å². The van der Waals surface area contributed by atoms with E-state index in [2.05, 4.69) is 5.32 Å². The number of halogens is 1. The Morgan fingerprint density at radius 2 is 2.00 bits per heavy atom. The number of rotatable bonds is 4. The zero-order valence-corrected chi connectivity index (χ0v) is 13.9. The van der Waals surface area contributed by atoms with Gasteiger partial charge >= 0.3 is 5.97 Å². The maximum Gasteiger partial charge on any atom is 0.311 e. The Labute approximate surface area is 146 Å². The van der Waals surface area contributed by atoms with Gasteiger partial charge in [-0.05, 0) is 37.0 Å². The van der Waals surface area contributed by atoms with Gasteiger partial charge in [0.15, 0.2) is 0 Å². The number of carboxylic acids is 1. The molecule has 8 heteroatoms. The number of nitrogens with one attached hydrogen (secondary N) is 1. The second-order valence-corrected chi connectivity index (χ2v) is 6.83. The number of nitrogens with two attached hydrogens (primary N) is 1. The fourth-order valence-electron chi connectivity index (χ4n) is 3.05. The number of hydrogen-bond acceptors (Lipinski definition) is 4. The SMILES string of the molecule is NC(=O)c1c(NC(=O)c2ccccc2F)sc2c1C(C(=O)O)CCC2. The standard InChI is InChI=1S/C17H15FN2O4S/c18-10-6-2-1-4-8(10)15(22)20-16-13(14(19)21)12-9(17(23)24)5-3-7-11(12)25-16/h1-2,4,6,9H,3,5,7H2,(H2,19,21)(H,20,22)(H,23,24). The van der Waals surface area contributed by atoms with Crippen molar-refractivity contribution in [1.29, 1.82) is 0 Å². The molecule has 2 amide bonds. The Bertz CT molecular complexity index is 878.